The molecule has 112 valence electrons. The van der Waals surface area contributed by atoms with Crippen LogP contribution < -0.4 is 10.0 Å². The van der Waals surface area contributed by atoms with Gasteiger partial charge in [-0.3, -0.25) is 4.79 Å². The van der Waals surface area contributed by atoms with E-state index >= 15 is 0 Å². The first-order valence-electron chi connectivity index (χ1n) is 5.77. The van der Waals surface area contributed by atoms with Crippen LogP contribution in [0.4, 0.5) is 4.39 Å². The highest BCUT2D eigenvalue weighted by atomic mass is 79.9. The van der Waals surface area contributed by atoms with Gasteiger partial charge in [-0.2, -0.15) is 0 Å². The second kappa shape index (κ2) is 6.19. The third kappa shape index (κ3) is 4.00. The minimum absolute atomic E-state index is 0.0906. The van der Waals surface area contributed by atoms with E-state index in [4.69, 9.17) is 0 Å². The molecule has 0 aliphatic carbocycles. The maximum absolute atomic E-state index is 13.4. The molecule has 0 fully saturated rings. The molecule has 0 aromatic heterocycles. The van der Waals surface area contributed by atoms with Crippen LogP contribution in [0.25, 0.3) is 0 Å². The molecular formula is C12H16BrFN2O3S. The van der Waals surface area contributed by atoms with Crippen molar-refractivity contribution in [2.24, 2.45) is 5.41 Å². The number of halogens is 2. The minimum Gasteiger partial charge on any atom is -0.359 e. The van der Waals surface area contributed by atoms with Gasteiger partial charge in [0.25, 0.3) is 0 Å². The lowest BCUT2D eigenvalue weighted by Gasteiger charge is -2.22. The first-order chi connectivity index (χ1) is 9.10. The molecule has 0 atom stereocenters. The Hall–Kier alpha value is -0.990. The van der Waals surface area contributed by atoms with Gasteiger partial charge in [-0.15, -0.1) is 0 Å². The molecular weight excluding hydrogens is 351 g/mol. The fraction of sp³-hybridized carbons (Fsp3) is 0.417. The quantitative estimate of drug-likeness (QED) is 0.831. The lowest BCUT2D eigenvalue weighted by Crippen LogP contribution is -2.43. The maximum Gasteiger partial charge on any atom is 0.240 e. The van der Waals surface area contributed by atoms with E-state index in [1.54, 1.807) is 13.8 Å². The van der Waals surface area contributed by atoms with Crippen molar-refractivity contribution in [3.05, 3.63) is 28.5 Å². The molecule has 0 saturated carbocycles. The normalized spacial score (nSPS) is 12.2. The highest BCUT2D eigenvalue weighted by molar-refractivity contribution is 9.10. The van der Waals surface area contributed by atoms with Gasteiger partial charge in [0.15, 0.2) is 0 Å². The van der Waals surface area contributed by atoms with E-state index in [1.807, 2.05) is 0 Å². The summed E-state index contributed by atoms with van der Waals surface area (Å²) in [4.78, 5) is 11.4. The zero-order valence-electron chi connectivity index (χ0n) is 11.3. The molecule has 1 aromatic rings. The molecule has 1 amide bonds. The fourth-order valence-electron chi connectivity index (χ4n) is 1.42. The Morgan fingerprint density at radius 2 is 2.00 bits per heavy atom. The van der Waals surface area contributed by atoms with Crippen LogP contribution >= 0.6 is 15.9 Å². The third-order valence-corrected chi connectivity index (χ3v) is 4.79. The molecule has 0 spiro atoms. The number of amides is 1. The Morgan fingerprint density at radius 3 is 2.50 bits per heavy atom. The molecule has 0 aliphatic rings. The summed E-state index contributed by atoms with van der Waals surface area (Å²) >= 11 is 2.95. The molecule has 0 radical (unpaired) electrons. The molecule has 0 heterocycles. The van der Waals surface area contributed by atoms with Crippen molar-refractivity contribution in [1.29, 1.82) is 0 Å². The summed E-state index contributed by atoms with van der Waals surface area (Å²) in [5.41, 5.74) is -0.907. The first-order valence-corrected chi connectivity index (χ1v) is 8.04. The predicted octanol–water partition coefficient (Wildman–Crippen LogP) is 1.64. The van der Waals surface area contributed by atoms with Crippen molar-refractivity contribution in [2.45, 2.75) is 18.7 Å². The van der Waals surface area contributed by atoms with Crippen molar-refractivity contribution < 1.29 is 17.6 Å². The SMILES string of the molecule is CNC(=O)C(C)(C)CNS(=O)(=O)c1ccc(Br)c(F)c1. The molecule has 0 bridgehead atoms. The third-order valence-electron chi connectivity index (χ3n) is 2.75. The van der Waals surface area contributed by atoms with Crippen LogP contribution in [-0.4, -0.2) is 27.9 Å². The molecule has 5 nitrogen and oxygen atoms in total. The Balaban J connectivity index is 2.91. The second-order valence-electron chi connectivity index (χ2n) is 4.86. The van der Waals surface area contributed by atoms with E-state index in [9.17, 15) is 17.6 Å². The maximum atomic E-state index is 13.4. The van der Waals surface area contributed by atoms with Crippen LogP contribution in [-0.2, 0) is 14.8 Å². The van der Waals surface area contributed by atoms with Crippen LogP contribution in [0.1, 0.15) is 13.8 Å². The van der Waals surface area contributed by atoms with E-state index in [1.165, 1.54) is 19.2 Å². The molecule has 2 N–H and O–H groups in total. The standard InChI is InChI=1S/C12H16BrFN2O3S/c1-12(2,11(17)15-3)7-16-20(18,19)8-4-5-9(13)10(14)6-8/h4-6,16H,7H2,1-3H3,(H,15,17). The summed E-state index contributed by atoms with van der Waals surface area (Å²) < 4.78 is 39.9. The first kappa shape index (κ1) is 17.1. The Bertz CT molecular complexity index is 617. The smallest absolute Gasteiger partial charge is 0.240 e. The average molecular weight is 367 g/mol. The van der Waals surface area contributed by atoms with Crippen molar-refractivity contribution in [3.8, 4) is 0 Å². The Kier molecular flexibility index (Phi) is 5.28. The summed E-state index contributed by atoms with van der Waals surface area (Å²) in [7, 11) is -2.39. The Morgan fingerprint density at radius 1 is 1.40 bits per heavy atom. The zero-order valence-corrected chi connectivity index (χ0v) is 13.7. The lowest BCUT2D eigenvalue weighted by molar-refractivity contribution is -0.128. The van der Waals surface area contributed by atoms with Crippen molar-refractivity contribution in [2.75, 3.05) is 13.6 Å². The number of benzene rings is 1. The van der Waals surface area contributed by atoms with Crippen LogP contribution in [0, 0.1) is 11.2 Å². The number of nitrogens with one attached hydrogen (secondary N) is 2. The summed E-state index contributed by atoms with van der Waals surface area (Å²) in [5, 5.41) is 2.46. The molecule has 0 saturated heterocycles. The van der Waals surface area contributed by atoms with E-state index in [2.05, 4.69) is 26.0 Å². The number of hydrogen-bond donors (Lipinski definition) is 2. The molecule has 0 unspecified atom stereocenters. The molecule has 20 heavy (non-hydrogen) atoms. The second-order valence-corrected chi connectivity index (χ2v) is 7.48. The highest BCUT2D eigenvalue weighted by Gasteiger charge is 2.29. The van der Waals surface area contributed by atoms with E-state index < -0.39 is 21.3 Å². The van der Waals surface area contributed by atoms with Gasteiger partial charge in [-0.05, 0) is 48.0 Å². The summed E-state index contributed by atoms with van der Waals surface area (Å²) in [6, 6.07) is 3.51. The number of sulfonamides is 1. The van der Waals surface area contributed by atoms with Crippen LogP contribution in [0.5, 0.6) is 0 Å². The van der Waals surface area contributed by atoms with Crippen molar-refractivity contribution >= 4 is 31.9 Å². The minimum atomic E-state index is -3.87. The predicted molar refractivity (Wildman–Crippen MR) is 77.1 cm³/mol. The fourth-order valence-corrected chi connectivity index (χ4v) is 2.89. The summed E-state index contributed by atoms with van der Waals surface area (Å²) in [6.07, 6.45) is 0. The number of carbonyl (C=O) groups is 1. The molecule has 1 aromatic carbocycles. The summed E-state index contributed by atoms with van der Waals surface area (Å²) in [5.74, 6) is -0.958. The van der Waals surface area contributed by atoms with Gasteiger partial charge in [0.2, 0.25) is 15.9 Å². The van der Waals surface area contributed by atoms with E-state index in [-0.39, 0.29) is 21.8 Å². The molecule has 8 heteroatoms. The van der Waals surface area contributed by atoms with Gasteiger partial charge < -0.3 is 5.32 Å². The van der Waals surface area contributed by atoms with Crippen LogP contribution in [0.3, 0.4) is 0 Å². The summed E-state index contributed by atoms with van der Waals surface area (Å²) in [6.45, 7) is 3.12. The van der Waals surface area contributed by atoms with Gasteiger partial charge in [0, 0.05) is 13.6 Å². The largest absolute Gasteiger partial charge is 0.359 e. The number of rotatable bonds is 5. The highest BCUT2D eigenvalue weighted by Crippen LogP contribution is 2.20. The molecule has 0 aliphatic heterocycles. The van der Waals surface area contributed by atoms with Gasteiger partial charge >= 0.3 is 0 Å². The lowest BCUT2D eigenvalue weighted by atomic mass is 9.93. The zero-order chi connectivity index (χ0) is 15.6. The monoisotopic (exact) mass is 366 g/mol. The van der Waals surface area contributed by atoms with Gasteiger partial charge in [0.05, 0.1) is 14.8 Å². The van der Waals surface area contributed by atoms with E-state index in [0.29, 0.717) is 0 Å². The van der Waals surface area contributed by atoms with Crippen LogP contribution in [0.15, 0.2) is 27.6 Å². The average Bonchev–Trinajstić information content (AvgIpc) is 2.38. The Labute approximate surface area is 126 Å². The molecule has 1 rings (SSSR count). The van der Waals surface area contributed by atoms with Gasteiger partial charge in [-0.1, -0.05) is 0 Å². The number of hydrogen-bond acceptors (Lipinski definition) is 3. The van der Waals surface area contributed by atoms with Crippen molar-refractivity contribution in [3.63, 3.8) is 0 Å². The van der Waals surface area contributed by atoms with Crippen LogP contribution in [0.2, 0.25) is 0 Å². The van der Waals surface area contributed by atoms with E-state index in [0.717, 1.165) is 6.07 Å². The number of carbonyl (C=O) groups excluding carboxylic acids is 1. The topological polar surface area (TPSA) is 75.3 Å². The van der Waals surface area contributed by atoms with Gasteiger partial charge in [-0.25, -0.2) is 17.5 Å². The van der Waals surface area contributed by atoms with Gasteiger partial charge in [0.1, 0.15) is 5.82 Å². The van der Waals surface area contributed by atoms with Crippen molar-refractivity contribution in [1.82, 2.24) is 10.0 Å².